The molecule has 1 aliphatic carbocycles. The fourth-order valence-electron chi connectivity index (χ4n) is 4.50. The summed E-state index contributed by atoms with van der Waals surface area (Å²) in [5.41, 5.74) is 2.89. The largest absolute Gasteiger partial charge is 0.462 e. The maximum Gasteiger partial charge on any atom is 0.339 e. The molecule has 2 heterocycles. The minimum Gasteiger partial charge on any atom is -0.462 e. The third kappa shape index (κ3) is 5.13. The summed E-state index contributed by atoms with van der Waals surface area (Å²) in [4.78, 5) is 16.5. The van der Waals surface area contributed by atoms with Gasteiger partial charge in [0, 0.05) is 25.3 Å². The minimum absolute atomic E-state index is 0.125. The van der Waals surface area contributed by atoms with Gasteiger partial charge in [0.15, 0.2) is 0 Å². The average molecular weight is 458 g/mol. The van der Waals surface area contributed by atoms with Crippen LogP contribution in [-0.4, -0.2) is 49.4 Å². The van der Waals surface area contributed by atoms with Crippen LogP contribution in [0.3, 0.4) is 0 Å². The number of nitrogens with one attached hydrogen (secondary N) is 1. The third-order valence-electron chi connectivity index (χ3n) is 6.27. The van der Waals surface area contributed by atoms with Gasteiger partial charge in [-0.1, -0.05) is 6.07 Å². The topological polar surface area (TPSA) is 88.6 Å². The number of carbonyl (C=O) groups is 1. The first-order chi connectivity index (χ1) is 15.5. The number of hydrogen-bond acceptors (Lipinski definition) is 6. The van der Waals surface area contributed by atoms with Gasteiger partial charge in [-0.05, 0) is 87.3 Å². The maximum absolute atomic E-state index is 13.3. The Morgan fingerprint density at radius 3 is 2.66 bits per heavy atom. The highest BCUT2D eigenvalue weighted by atomic mass is 32.2. The zero-order valence-corrected chi connectivity index (χ0v) is 19.4. The Kier molecular flexibility index (Phi) is 7.10. The predicted molar refractivity (Wildman–Crippen MR) is 123 cm³/mol. The van der Waals surface area contributed by atoms with Crippen LogP contribution >= 0.6 is 0 Å². The number of anilines is 1. The van der Waals surface area contributed by atoms with Gasteiger partial charge in [-0.15, -0.1) is 0 Å². The second-order valence-electron chi connectivity index (χ2n) is 8.47. The quantitative estimate of drug-likeness (QED) is 0.664. The van der Waals surface area contributed by atoms with E-state index in [1.807, 2.05) is 12.1 Å². The van der Waals surface area contributed by atoms with E-state index in [0.29, 0.717) is 42.4 Å². The van der Waals surface area contributed by atoms with E-state index in [4.69, 9.17) is 4.74 Å². The molecule has 0 spiro atoms. The number of rotatable bonds is 6. The SMILES string of the molecule is CCOC(=O)c1ccc(NC2CCCN(S(=O)(=O)c3ccc4c(c3)CCCC4)CC2)nc1. The molecule has 2 aromatic rings. The first-order valence-corrected chi connectivity index (χ1v) is 12.9. The van der Waals surface area contributed by atoms with Gasteiger partial charge in [0.2, 0.25) is 10.0 Å². The first kappa shape index (κ1) is 22.7. The van der Waals surface area contributed by atoms with Crippen molar-refractivity contribution in [2.24, 2.45) is 0 Å². The van der Waals surface area contributed by atoms with Gasteiger partial charge in [-0.25, -0.2) is 18.2 Å². The Bertz CT molecular complexity index is 1050. The van der Waals surface area contributed by atoms with Gasteiger partial charge in [-0.2, -0.15) is 4.31 Å². The Labute approximate surface area is 190 Å². The lowest BCUT2D eigenvalue weighted by atomic mass is 9.92. The minimum atomic E-state index is -3.50. The number of aromatic nitrogens is 1. The maximum atomic E-state index is 13.3. The highest BCUT2D eigenvalue weighted by molar-refractivity contribution is 7.89. The zero-order valence-electron chi connectivity index (χ0n) is 18.5. The molecule has 1 aromatic carbocycles. The molecule has 8 heteroatoms. The van der Waals surface area contributed by atoms with Gasteiger partial charge in [-0.3, -0.25) is 0 Å². The lowest BCUT2D eigenvalue weighted by molar-refractivity contribution is 0.0526. The number of pyridine rings is 1. The summed E-state index contributed by atoms with van der Waals surface area (Å²) in [6.07, 6.45) is 8.16. The first-order valence-electron chi connectivity index (χ1n) is 11.5. The average Bonchev–Trinajstić information content (AvgIpc) is 3.05. The number of aryl methyl sites for hydroxylation is 2. The highest BCUT2D eigenvalue weighted by Crippen LogP contribution is 2.27. The molecule has 1 aliphatic heterocycles. The molecule has 1 fully saturated rings. The van der Waals surface area contributed by atoms with Crippen LogP contribution in [0, 0.1) is 0 Å². The number of benzene rings is 1. The Balaban J connectivity index is 1.39. The molecule has 4 rings (SSSR count). The summed E-state index contributed by atoms with van der Waals surface area (Å²) in [6.45, 7) is 3.08. The van der Waals surface area contributed by atoms with E-state index >= 15 is 0 Å². The van der Waals surface area contributed by atoms with Crippen molar-refractivity contribution in [2.45, 2.75) is 62.8 Å². The fourth-order valence-corrected chi connectivity index (χ4v) is 6.04. The van der Waals surface area contributed by atoms with Crippen molar-refractivity contribution in [2.75, 3.05) is 25.0 Å². The molecule has 7 nitrogen and oxygen atoms in total. The van der Waals surface area contributed by atoms with Crippen molar-refractivity contribution in [3.8, 4) is 0 Å². The molecular weight excluding hydrogens is 426 g/mol. The number of nitrogens with zero attached hydrogens (tertiary/aromatic N) is 2. The molecule has 32 heavy (non-hydrogen) atoms. The van der Waals surface area contributed by atoms with Crippen molar-refractivity contribution < 1.29 is 17.9 Å². The van der Waals surface area contributed by atoms with E-state index in [0.717, 1.165) is 32.1 Å². The van der Waals surface area contributed by atoms with Crippen LogP contribution in [0.15, 0.2) is 41.4 Å². The molecule has 1 unspecified atom stereocenters. The number of ether oxygens (including phenoxy) is 1. The van der Waals surface area contributed by atoms with E-state index < -0.39 is 10.0 Å². The fraction of sp³-hybridized carbons (Fsp3) is 0.500. The zero-order chi connectivity index (χ0) is 22.6. The molecule has 0 bridgehead atoms. The number of sulfonamides is 1. The molecule has 0 amide bonds. The molecule has 0 radical (unpaired) electrons. The summed E-state index contributed by atoms with van der Waals surface area (Å²) in [5.74, 6) is 0.290. The van der Waals surface area contributed by atoms with E-state index in [9.17, 15) is 13.2 Å². The molecule has 1 aromatic heterocycles. The van der Waals surface area contributed by atoms with Crippen LogP contribution in [0.2, 0.25) is 0 Å². The Morgan fingerprint density at radius 2 is 1.91 bits per heavy atom. The lowest BCUT2D eigenvalue weighted by Crippen LogP contribution is -2.33. The summed E-state index contributed by atoms with van der Waals surface area (Å²) >= 11 is 0. The van der Waals surface area contributed by atoms with E-state index in [2.05, 4.69) is 10.3 Å². The van der Waals surface area contributed by atoms with Crippen LogP contribution in [0.1, 0.15) is 60.5 Å². The molecular formula is C24H31N3O4S. The van der Waals surface area contributed by atoms with Gasteiger partial charge in [0.25, 0.3) is 0 Å². The highest BCUT2D eigenvalue weighted by Gasteiger charge is 2.28. The Morgan fingerprint density at radius 1 is 1.09 bits per heavy atom. The van der Waals surface area contributed by atoms with Crippen molar-refractivity contribution >= 4 is 21.8 Å². The molecule has 0 saturated carbocycles. The number of esters is 1. The van der Waals surface area contributed by atoms with Crippen LogP contribution in [-0.2, 0) is 27.6 Å². The number of hydrogen-bond donors (Lipinski definition) is 1. The number of carbonyl (C=O) groups excluding carboxylic acids is 1. The molecule has 2 aliphatic rings. The van der Waals surface area contributed by atoms with Crippen molar-refractivity contribution in [1.29, 1.82) is 0 Å². The smallest absolute Gasteiger partial charge is 0.339 e. The molecule has 1 saturated heterocycles. The van der Waals surface area contributed by atoms with Crippen molar-refractivity contribution in [1.82, 2.24) is 9.29 Å². The van der Waals surface area contributed by atoms with Crippen LogP contribution in [0.25, 0.3) is 0 Å². The van der Waals surface area contributed by atoms with Crippen LogP contribution < -0.4 is 5.32 Å². The summed E-state index contributed by atoms with van der Waals surface area (Å²) in [5, 5.41) is 3.39. The van der Waals surface area contributed by atoms with Gasteiger partial charge < -0.3 is 10.1 Å². The predicted octanol–water partition coefficient (Wildman–Crippen LogP) is 3.79. The second-order valence-corrected chi connectivity index (χ2v) is 10.4. The Hall–Kier alpha value is -2.45. The second kappa shape index (κ2) is 10.0. The molecule has 172 valence electrons. The summed E-state index contributed by atoms with van der Waals surface area (Å²) in [7, 11) is -3.50. The molecule has 1 atom stereocenters. The monoisotopic (exact) mass is 457 g/mol. The van der Waals surface area contributed by atoms with Gasteiger partial charge in [0.05, 0.1) is 17.1 Å². The number of fused-ring (bicyclic) bond motifs is 1. The van der Waals surface area contributed by atoms with E-state index in [1.165, 1.54) is 23.7 Å². The summed E-state index contributed by atoms with van der Waals surface area (Å²) < 4.78 is 33.2. The molecule has 1 N–H and O–H groups in total. The van der Waals surface area contributed by atoms with Crippen molar-refractivity contribution in [3.63, 3.8) is 0 Å². The normalized spacial score (nSPS) is 19.6. The lowest BCUT2D eigenvalue weighted by Gasteiger charge is -2.22. The van der Waals surface area contributed by atoms with Crippen LogP contribution in [0.4, 0.5) is 5.82 Å². The van der Waals surface area contributed by atoms with Crippen molar-refractivity contribution in [3.05, 3.63) is 53.2 Å². The third-order valence-corrected chi connectivity index (χ3v) is 8.17. The van der Waals surface area contributed by atoms with Crippen LogP contribution in [0.5, 0.6) is 0 Å². The standard InChI is InChI=1S/C24H31N3O4S/c1-2-31-24(28)20-10-12-23(25-17-20)26-21-8-5-14-27(15-13-21)32(29,30)22-11-9-18-6-3-4-7-19(18)16-22/h9-12,16-17,21H,2-8,13-15H2,1H3,(H,25,26). The van der Waals surface area contributed by atoms with Gasteiger partial charge in [0.1, 0.15) is 5.82 Å². The van der Waals surface area contributed by atoms with Gasteiger partial charge >= 0.3 is 5.97 Å². The summed E-state index contributed by atoms with van der Waals surface area (Å²) in [6, 6.07) is 9.24. The van der Waals surface area contributed by atoms with E-state index in [-0.39, 0.29) is 12.0 Å². The van der Waals surface area contributed by atoms with E-state index in [1.54, 1.807) is 29.4 Å².